The van der Waals surface area contributed by atoms with Gasteiger partial charge in [-0.3, -0.25) is 19.0 Å². The van der Waals surface area contributed by atoms with E-state index < -0.39 is 0 Å². The second kappa shape index (κ2) is 9.48. The standard InChI is InChI=1S/C21H27N3O4/c1-2-28-19(25)9-7-12-22-20(26)15-10-11-16-17(14-15)23-18-8-5-3-4-6-13-24(18)21(16)27/h10-11,14H,2-9,12-13H2,1H3,(H,22,26). The van der Waals surface area contributed by atoms with Crippen molar-refractivity contribution in [3.8, 4) is 0 Å². The van der Waals surface area contributed by atoms with E-state index in [1.165, 1.54) is 0 Å². The summed E-state index contributed by atoms with van der Waals surface area (Å²) in [7, 11) is 0. The van der Waals surface area contributed by atoms with Crippen LogP contribution in [0.15, 0.2) is 23.0 Å². The number of amides is 1. The summed E-state index contributed by atoms with van der Waals surface area (Å²) in [5, 5.41) is 3.34. The number of fused-ring (bicyclic) bond motifs is 2. The molecular formula is C21H27N3O4. The summed E-state index contributed by atoms with van der Waals surface area (Å²) in [6.07, 6.45) is 5.89. The van der Waals surface area contributed by atoms with Gasteiger partial charge in [-0.25, -0.2) is 4.98 Å². The van der Waals surface area contributed by atoms with E-state index >= 15 is 0 Å². The molecule has 1 N–H and O–H groups in total. The molecule has 0 radical (unpaired) electrons. The predicted octanol–water partition coefficient (Wildman–Crippen LogP) is 2.59. The van der Waals surface area contributed by atoms with Gasteiger partial charge in [0.15, 0.2) is 0 Å². The van der Waals surface area contributed by atoms with Gasteiger partial charge in [0.05, 0.1) is 17.5 Å². The normalized spacial score (nSPS) is 14.0. The molecule has 2 aromatic rings. The van der Waals surface area contributed by atoms with E-state index in [0.717, 1.165) is 37.9 Å². The second-order valence-corrected chi connectivity index (χ2v) is 7.05. The number of nitrogens with zero attached hydrogens (tertiary/aromatic N) is 2. The molecule has 0 saturated carbocycles. The number of nitrogens with one attached hydrogen (secondary N) is 1. The quantitative estimate of drug-likeness (QED) is 0.610. The van der Waals surface area contributed by atoms with Crippen LogP contribution in [-0.2, 0) is 22.5 Å². The molecule has 1 aliphatic heterocycles. The van der Waals surface area contributed by atoms with Crippen molar-refractivity contribution < 1.29 is 14.3 Å². The van der Waals surface area contributed by atoms with Crippen LogP contribution in [0.1, 0.15) is 61.6 Å². The largest absolute Gasteiger partial charge is 0.466 e. The second-order valence-electron chi connectivity index (χ2n) is 7.05. The van der Waals surface area contributed by atoms with Crippen LogP contribution >= 0.6 is 0 Å². The SMILES string of the molecule is CCOC(=O)CCCNC(=O)c1ccc2c(=O)n3c(nc2c1)CCCCCC3. The molecule has 7 heteroatoms. The lowest BCUT2D eigenvalue weighted by molar-refractivity contribution is -0.143. The summed E-state index contributed by atoms with van der Waals surface area (Å²) < 4.78 is 6.65. The Kier molecular flexibility index (Phi) is 6.79. The minimum Gasteiger partial charge on any atom is -0.466 e. The first kappa shape index (κ1) is 20.0. The van der Waals surface area contributed by atoms with E-state index in [-0.39, 0.29) is 23.9 Å². The monoisotopic (exact) mass is 385 g/mol. The van der Waals surface area contributed by atoms with Gasteiger partial charge >= 0.3 is 5.97 Å². The Morgan fingerprint density at radius 2 is 2.04 bits per heavy atom. The molecule has 0 atom stereocenters. The predicted molar refractivity (Wildman–Crippen MR) is 106 cm³/mol. The number of carbonyl (C=O) groups excluding carboxylic acids is 2. The van der Waals surface area contributed by atoms with Crippen molar-refractivity contribution in [2.45, 2.75) is 58.4 Å². The van der Waals surface area contributed by atoms with Crippen LogP contribution < -0.4 is 10.9 Å². The van der Waals surface area contributed by atoms with Gasteiger partial charge in [-0.1, -0.05) is 12.8 Å². The molecule has 1 aromatic heterocycles. The fourth-order valence-corrected chi connectivity index (χ4v) is 3.51. The first-order valence-corrected chi connectivity index (χ1v) is 10.1. The van der Waals surface area contributed by atoms with Gasteiger partial charge in [-0.15, -0.1) is 0 Å². The smallest absolute Gasteiger partial charge is 0.305 e. The van der Waals surface area contributed by atoms with Gasteiger partial charge in [0.1, 0.15) is 5.82 Å². The summed E-state index contributed by atoms with van der Waals surface area (Å²) in [6.45, 7) is 3.22. The summed E-state index contributed by atoms with van der Waals surface area (Å²) in [5.41, 5.74) is 1.01. The first-order valence-electron chi connectivity index (χ1n) is 10.1. The van der Waals surface area contributed by atoms with E-state index in [2.05, 4.69) is 10.3 Å². The molecule has 7 nitrogen and oxygen atoms in total. The summed E-state index contributed by atoms with van der Waals surface area (Å²) >= 11 is 0. The fraction of sp³-hybridized carbons (Fsp3) is 0.524. The Hall–Kier alpha value is -2.70. The number of hydrogen-bond acceptors (Lipinski definition) is 5. The molecule has 0 unspecified atom stereocenters. The lowest BCUT2D eigenvalue weighted by Crippen LogP contribution is -2.27. The molecule has 0 bridgehead atoms. The molecule has 3 rings (SSSR count). The number of ether oxygens (including phenoxy) is 1. The molecule has 0 aliphatic carbocycles. The van der Waals surface area contributed by atoms with Crippen LogP contribution in [0, 0.1) is 0 Å². The Bertz CT molecular complexity index is 920. The zero-order valence-electron chi connectivity index (χ0n) is 16.3. The Morgan fingerprint density at radius 3 is 2.86 bits per heavy atom. The molecule has 0 spiro atoms. The summed E-state index contributed by atoms with van der Waals surface area (Å²) in [5.74, 6) is 0.312. The number of carbonyl (C=O) groups is 2. The van der Waals surface area contributed by atoms with Crippen LogP contribution in [-0.4, -0.2) is 34.6 Å². The lowest BCUT2D eigenvalue weighted by Gasteiger charge is -2.16. The van der Waals surface area contributed by atoms with E-state index in [1.54, 1.807) is 29.7 Å². The van der Waals surface area contributed by atoms with Gasteiger partial charge in [-0.05, 0) is 44.4 Å². The lowest BCUT2D eigenvalue weighted by atomic mass is 10.1. The Balaban J connectivity index is 1.72. The van der Waals surface area contributed by atoms with E-state index in [1.807, 2.05) is 0 Å². The van der Waals surface area contributed by atoms with Crippen LogP contribution in [0.2, 0.25) is 0 Å². The molecule has 1 amide bonds. The van der Waals surface area contributed by atoms with Crippen molar-refractivity contribution >= 4 is 22.8 Å². The van der Waals surface area contributed by atoms with Gasteiger partial charge in [0.25, 0.3) is 11.5 Å². The highest BCUT2D eigenvalue weighted by Gasteiger charge is 2.15. The van der Waals surface area contributed by atoms with Crippen molar-refractivity contribution in [2.24, 2.45) is 0 Å². The van der Waals surface area contributed by atoms with Crippen LogP contribution in [0.25, 0.3) is 10.9 Å². The molecule has 28 heavy (non-hydrogen) atoms. The Morgan fingerprint density at radius 1 is 1.21 bits per heavy atom. The topological polar surface area (TPSA) is 90.3 Å². The van der Waals surface area contributed by atoms with Gasteiger partial charge in [0.2, 0.25) is 0 Å². The molecule has 1 aromatic carbocycles. The average molecular weight is 385 g/mol. The van der Waals surface area contributed by atoms with Gasteiger partial charge < -0.3 is 10.1 Å². The van der Waals surface area contributed by atoms with Crippen molar-refractivity contribution in [1.29, 1.82) is 0 Å². The maximum absolute atomic E-state index is 12.8. The highest BCUT2D eigenvalue weighted by molar-refractivity contribution is 5.97. The maximum atomic E-state index is 12.8. The van der Waals surface area contributed by atoms with Gasteiger partial charge in [0, 0.05) is 31.5 Å². The molecule has 0 fully saturated rings. The number of hydrogen-bond donors (Lipinski definition) is 1. The van der Waals surface area contributed by atoms with Crippen molar-refractivity contribution in [1.82, 2.24) is 14.9 Å². The Labute approximate surface area is 164 Å². The number of rotatable bonds is 6. The van der Waals surface area contributed by atoms with E-state index in [0.29, 0.717) is 42.6 Å². The molecular weight excluding hydrogens is 358 g/mol. The summed E-state index contributed by atoms with van der Waals surface area (Å²) in [6, 6.07) is 5.02. The van der Waals surface area contributed by atoms with Crippen molar-refractivity contribution in [2.75, 3.05) is 13.2 Å². The van der Waals surface area contributed by atoms with E-state index in [4.69, 9.17) is 4.74 Å². The number of benzene rings is 1. The van der Waals surface area contributed by atoms with Crippen molar-refractivity contribution in [3.63, 3.8) is 0 Å². The highest BCUT2D eigenvalue weighted by atomic mass is 16.5. The number of aryl methyl sites for hydroxylation is 1. The van der Waals surface area contributed by atoms with Crippen LogP contribution in [0.5, 0.6) is 0 Å². The third-order valence-corrected chi connectivity index (χ3v) is 4.98. The number of esters is 1. The van der Waals surface area contributed by atoms with E-state index in [9.17, 15) is 14.4 Å². The zero-order valence-corrected chi connectivity index (χ0v) is 16.3. The maximum Gasteiger partial charge on any atom is 0.305 e. The molecule has 1 aliphatic rings. The number of aromatic nitrogens is 2. The van der Waals surface area contributed by atoms with Gasteiger partial charge in [-0.2, -0.15) is 0 Å². The fourth-order valence-electron chi connectivity index (χ4n) is 3.51. The zero-order chi connectivity index (χ0) is 19.9. The van der Waals surface area contributed by atoms with Crippen LogP contribution in [0.3, 0.4) is 0 Å². The van der Waals surface area contributed by atoms with Crippen LogP contribution in [0.4, 0.5) is 0 Å². The molecule has 150 valence electrons. The molecule has 0 saturated heterocycles. The molecule has 2 heterocycles. The summed E-state index contributed by atoms with van der Waals surface area (Å²) in [4.78, 5) is 41.2. The average Bonchev–Trinajstić information content (AvgIpc) is 2.66. The first-order chi connectivity index (χ1) is 13.6. The minimum absolute atomic E-state index is 0.0247. The third kappa shape index (κ3) is 4.77. The minimum atomic E-state index is -0.261. The third-order valence-electron chi connectivity index (χ3n) is 4.98. The highest BCUT2D eigenvalue weighted by Crippen LogP contribution is 2.16. The van der Waals surface area contributed by atoms with Crippen molar-refractivity contribution in [3.05, 3.63) is 39.9 Å².